The van der Waals surface area contributed by atoms with Gasteiger partial charge < -0.3 is 5.73 Å². The maximum absolute atomic E-state index is 10.9. The molecule has 1 aliphatic carbocycles. The molecule has 3 N–H and O–H groups in total. The predicted octanol–water partition coefficient (Wildman–Crippen LogP) is 4.83. The number of carbonyl (C=O) groups excluding carboxylic acids is 1. The Hall–Kier alpha value is -1.06. The monoisotopic (exact) mass is 309 g/mol. The summed E-state index contributed by atoms with van der Waals surface area (Å²) in [6, 6.07) is -0.563. The van der Waals surface area contributed by atoms with Crippen LogP contribution in [0.5, 0.6) is 0 Å². The average Bonchev–Trinajstić information content (AvgIpc) is 2.44. The Bertz CT molecular complexity index is 371. The van der Waals surface area contributed by atoms with Gasteiger partial charge in [0, 0.05) is 5.71 Å². The maximum atomic E-state index is 10.9. The molecule has 1 fully saturated rings. The van der Waals surface area contributed by atoms with Crippen molar-refractivity contribution < 1.29 is 4.79 Å². The Balaban J connectivity index is 2.59. The SMILES string of the molecule is CCCCCCCC1CC(C(C)(C)C)CC/C1=N\NC(N)=O. The fourth-order valence-electron chi connectivity index (χ4n) is 3.46. The molecule has 0 aromatic heterocycles. The van der Waals surface area contributed by atoms with Gasteiger partial charge in [-0.1, -0.05) is 59.8 Å². The van der Waals surface area contributed by atoms with Gasteiger partial charge in [0.15, 0.2) is 0 Å². The zero-order valence-corrected chi connectivity index (χ0v) is 15.0. The Morgan fingerprint density at radius 1 is 1.27 bits per heavy atom. The summed E-state index contributed by atoms with van der Waals surface area (Å²) in [5, 5.41) is 4.29. The lowest BCUT2D eigenvalue weighted by Gasteiger charge is -2.38. The van der Waals surface area contributed by atoms with Gasteiger partial charge in [-0.15, -0.1) is 0 Å². The van der Waals surface area contributed by atoms with Crippen molar-refractivity contribution in [3.8, 4) is 0 Å². The lowest BCUT2D eigenvalue weighted by Crippen LogP contribution is -2.34. The fraction of sp³-hybridized carbons (Fsp3) is 0.889. The van der Waals surface area contributed by atoms with Crippen molar-refractivity contribution in [2.45, 2.75) is 85.5 Å². The summed E-state index contributed by atoms with van der Waals surface area (Å²) in [4.78, 5) is 10.9. The molecule has 2 unspecified atom stereocenters. The molecule has 0 saturated heterocycles. The van der Waals surface area contributed by atoms with E-state index >= 15 is 0 Å². The third-order valence-corrected chi connectivity index (χ3v) is 4.98. The van der Waals surface area contributed by atoms with E-state index in [2.05, 4.69) is 38.2 Å². The lowest BCUT2D eigenvalue weighted by molar-refractivity contribution is 0.182. The molecule has 22 heavy (non-hydrogen) atoms. The standard InChI is InChI=1S/C18H35N3O/c1-5-6-7-8-9-10-14-13-15(18(2,3)4)11-12-16(14)20-21-17(19)22/h14-15H,5-13H2,1-4H3,(H3,19,21,22)/b20-16+. The van der Waals surface area contributed by atoms with E-state index in [4.69, 9.17) is 5.73 Å². The molecular formula is C18H35N3O. The number of unbranched alkanes of at least 4 members (excludes halogenated alkanes) is 4. The minimum absolute atomic E-state index is 0.350. The van der Waals surface area contributed by atoms with Crippen molar-refractivity contribution in [1.82, 2.24) is 5.43 Å². The molecule has 2 amide bonds. The molecule has 2 atom stereocenters. The molecule has 0 heterocycles. The van der Waals surface area contributed by atoms with Gasteiger partial charge in [0.05, 0.1) is 0 Å². The van der Waals surface area contributed by atoms with Crippen LogP contribution in [0.2, 0.25) is 0 Å². The highest BCUT2D eigenvalue weighted by Crippen LogP contribution is 2.40. The van der Waals surface area contributed by atoms with E-state index in [-0.39, 0.29) is 0 Å². The van der Waals surface area contributed by atoms with Crippen LogP contribution in [0.25, 0.3) is 0 Å². The maximum Gasteiger partial charge on any atom is 0.332 e. The minimum Gasteiger partial charge on any atom is -0.350 e. The Morgan fingerprint density at radius 3 is 2.55 bits per heavy atom. The van der Waals surface area contributed by atoms with Crippen LogP contribution < -0.4 is 11.2 Å². The van der Waals surface area contributed by atoms with Crippen molar-refractivity contribution in [1.29, 1.82) is 0 Å². The van der Waals surface area contributed by atoms with Crippen LogP contribution >= 0.6 is 0 Å². The molecule has 0 spiro atoms. The van der Waals surface area contributed by atoms with Gasteiger partial charge in [-0.3, -0.25) is 0 Å². The molecule has 1 rings (SSSR count). The van der Waals surface area contributed by atoms with Gasteiger partial charge in [-0.2, -0.15) is 5.10 Å². The Kier molecular flexibility index (Phi) is 7.91. The van der Waals surface area contributed by atoms with Crippen molar-refractivity contribution in [3.05, 3.63) is 0 Å². The average molecular weight is 309 g/mol. The van der Waals surface area contributed by atoms with Gasteiger partial charge in [0.25, 0.3) is 0 Å². The molecule has 0 aromatic rings. The number of carbonyl (C=O) groups is 1. The molecule has 0 radical (unpaired) electrons. The third-order valence-electron chi connectivity index (χ3n) is 4.98. The number of primary amides is 1. The minimum atomic E-state index is -0.563. The number of hydrogen-bond acceptors (Lipinski definition) is 2. The molecule has 128 valence electrons. The Morgan fingerprint density at radius 2 is 1.95 bits per heavy atom. The normalized spacial score (nSPS) is 24.5. The smallest absolute Gasteiger partial charge is 0.332 e. The summed E-state index contributed by atoms with van der Waals surface area (Å²) in [7, 11) is 0. The first kappa shape index (κ1) is 19.0. The van der Waals surface area contributed by atoms with E-state index in [1.807, 2.05) is 0 Å². The van der Waals surface area contributed by atoms with E-state index in [1.54, 1.807) is 0 Å². The van der Waals surface area contributed by atoms with Crippen LogP contribution in [0.3, 0.4) is 0 Å². The van der Waals surface area contributed by atoms with E-state index in [9.17, 15) is 4.79 Å². The number of hydrogen-bond donors (Lipinski definition) is 2. The van der Waals surface area contributed by atoms with Crippen molar-refractivity contribution in [3.63, 3.8) is 0 Å². The number of rotatable bonds is 7. The second-order valence-electron chi connectivity index (χ2n) is 7.82. The first-order chi connectivity index (χ1) is 10.3. The van der Waals surface area contributed by atoms with Gasteiger partial charge in [-0.25, -0.2) is 10.2 Å². The van der Waals surface area contributed by atoms with Gasteiger partial charge in [0.1, 0.15) is 0 Å². The fourth-order valence-corrected chi connectivity index (χ4v) is 3.46. The summed E-state index contributed by atoms with van der Waals surface area (Å²) in [5.74, 6) is 1.24. The molecule has 0 aromatic carbocycles. The highest BCUT2D eigenvalue weighted by atomic mass is 16.2. The van der Waals surface area contributed by atoms with Crippen LogP contribution in [0.15, 0.2) is 5.10 Å². The van der Waals surface area contributed by atoms with Crippen LogP contribution in [0.1, 0.15) is 85.5 Å². The topological polar surface area (TPSA) is 67.5 Å². The Labute approximate surface area is 136 Å². The van der Waals surface area contributed by atoms with Crippen molar-refractivity contribution in [2.24, 2.45) is 28.1 Å². The molecule has 1 aliphatic rings. The zero-order chi connectivity index (χ0) is 16.6. The van der Waals surface area contributed by atoms with Crippen LogP contribution in [-0.4, -0.2) is 11.7 Å². The molecule has 4 heteroatoms. The second-order valence-corrected chi connectivity index (χ2v) is 7.82. The zero-order valence-electron chi connectivity index (χ0n) is 15.0. The lowest BCUT2D eigenvalue weighted by atomic mass is 9.67. The van der Waals surface area contributed by atoms with E-state index in [0.717, 1.165) is 24.5 Å². The molecule has 1 saturated carbocycles. The van der Waals surface area contributed by atoms with Crippen molar-refractivity contribution in [2.75, 3.05) is 0 Å². The van der Waals surface area contributed by atoms with Crippen LogP contribution in [0, 0.1) is 17.3 Å². The number of urea groups is 1. The predicted molar refractivity (Wildman–Crippen MR) is 93.8 cm³/mol. The van der Waals surface area contributed by atoms with E-state index in [0.29, 0.717) is 11.3 Å². The highest BCUT2D eigenvalue weighted by molar-refractivity contribution is 5.88. The number of hydrazone groups is 1. The molecular weight excluding hydrogens is 274 g/mol. The number of nitrogens with one attached hydrogen (secondary N) is 1. The largest absolute Gasteiger partial charge is 0.350 e. The third kappa shape index (κ3) is 6.80. The summed E-state index contributed by atoms with van der Waals surface area (Å²) >= 11 is 0. The first-order valence-electron chi connectivity index (χ1n) is 8.96. The van der Waals surface area contributed by atoms with Gasteiger partial charge >= 0.3 is 6.03 Å². The summed E-state index contributed by atoms with van der Waals surface area (Å²) < 4.78 is 0. The van der Waals surface area contributed by atoms with E-state index < -0.39 is 6.03 Å². The summed E-state index contributed by atoms with van der Waals surface area (Å²) in [5.41, 5.74) is 9.08. The molecule has 0 aliphatic heterocycles. The van der Waals surface area contributed by atoms with Gasteiger partial charge in [0.2, 0.25) is 0 Å². The van der Waals surface area contributed by atoms with Crippen LogP contribution in [0.4, 0.5) is 4.79 Å². The van der Waals surface area contributed by atoms with Gasteiger partial charge in [-0.05, 0) is 42.9 Å². The number of nitrogens with zero attached hydrogens (tertiary/aromatic N) is 1. The second kappa shape index (κ2) is 9.16. The number of amides is 2. The number of nitrogens with two attached hydrogens (primary N) is 1. The van der Waals surface area contributed by atoms with E-state index in [1.165, 1.54) is 44.9 Å². The quantitative estimate of drug-likeness (QED) is 0.513. The summed E-state index contributed by atoms with van der Waals surface area (Å²) in [6.07, 6.45) is 11.0. The molecule has 0 bridgehead atoms. The highest BCUT2D eigenvalue weighted by Gasteiger charge is 2.33. The van der Waals surface area contributed by atoms with Crippen LogP contribution in [-0.2, 0) is 0 Å². The molecule has 4 nitrogen and oxygen atoms in total. The first-order valence-corrected chi connectivity index (χ1v) is 8.96. The summed E-state index contributed by atoms with van der Waals surface area (Å²) in [6.45, 7) is 9.24. The van der Waals surface area contributed by atoms with Crippen molar-refractivity contribution >= 4 is 11.7 Å².